The molecule has 2 N–H and O–H groups in total. The Morgan fingerprint density at radius 1 is 1.18 bits per heavy atom. The van der Waals surface area contributed by atoms with E-state index in [9.17, 15) is 13.2 Å². The number of para-hydroxylation sites is 1. The molecule has 1 rings (SSSR count). The van der Waals surface area contributed by atoms with Crippen molar-refractivity contribution in [2.24, 2.45) is 4.99 Å². The Balaban J connectivity index is 2.90. The maximum Gasteiger partial charge on any atom is 0.573 e. The predicted octanol–water partition coefficient (Wildman–Crippen LogP) is 3.44. The second-order valence-electron chi connectivity index (χ2n) is 5.73. The maximum absolute atomic E-state index is 12.4. The van der Waals surface area contributed by atoms with Gasteiger partial charge < -0.3 is 15.4 Å². The highest BCUT2D eigenvalue weighted by molar-refractivity contribution is 5.80. The first-order chi connectivity index (χ1) is 10.1. The normalized spacial score (nSPS) is 13.0. The van der Waals surface area contributed by atoms with E-state index in [2.05, 4.69) is 20.4 Å². The van der Waals surface area contributed by atoms with Gasteiger partial charge in [0, 0.05) is 17.6 Å². The number of benzene rings is 1. The molecule has 0 atom stereocenters. The van der Waals surface area contributed by atoms with Gasteiger partial charge in [-0.25, -0.2) is 4.99 Å². The van der Waals surface area contributed by atoms with E-state index in [0.29, 0.717) is 18.1 Å². The quantitative estimate of drug-likeness (QED) is 0.660. The lowest BCUT2D eigenvalue weighted by Gasteiger charge is -2.23. The van der Waals surface area contributed by atoms with Gasteiger partial charge in [0.05, 0.1) is 6.54 Å². The van der Waals surface area contributed by atoms with Crippen molar-refractivity contribution >= 4 is 5.96 Å². The molecule has 1 aromatic carbocycles. The Kier molecular flexibility index (Phi) is 6.08. The minimum atomic E-state index is -4.71. The summed E-state index contributed by atoms with van der Waals surface area (Å²) in [6.45, 7) is 8.57. The summed E-state index contributed by atoms with van der Waals surface area (Å²) in [6, 6.07) is 5.98. The Labute approximate surface area is 128 Å². The number of ether oxygens (including phenoxy) is 1. The maximum atomic E-state index is 12.4. The summed E-state index contributed by atoms with van der Waals surface area (Å²) in [5, 5.41) is 6.22. The minimum Gasteiger partial charge on any atom is -0.405 e. The molecule has 0 heterocycles. The molecule has 22 heavy (non-hydrogen) atoms. The van der Waals surface area contributed by atoms with Gasteiger partial charge in [0.15, 0.2) is 5.96 Å². The number of hydrogen-bond acceptors (Lipinski definition) is 2. The van der Waals surface area contributed by atoms with Crippen molar-refractivity contribution in [1.29, 1.82) is 0 Å². The third-order valence-corrected chi connectivity index (χ3v) is 2.44. The first-order valence-electron chi connectivity index (χ1n) is 7.01. The van der Waals surface area contributed by atoms with E-state index in [-0.39, 0.29) is 17.8 Å². The summed E-state index contributed by atoms with van der Waals surface area (Å²) in [4.78, 5) is 4.31. The van der Waals surface area contributed by atoms with Crippen LogP contribution in [0.4, 0.5) is 13.2 Å². The Bertz CT molecular complexity index is 507. The summed E-state index contributed by atoms with van der Waals surface area (Å²) in [5.74, 6) is 0.308. The molecule has 0 aliphatic carbocycles. The molecule has 7 heteroatoms. The molecule has 0 fully saturated rings. The molecule has 0 radical (unpaired) electrons. The third-order valence-electron chi connectivity index (χ3n) is 2.44. The van der Waals surface area contributed by atoms with Crippen LogP contribution in [0.2, 0.25) is 0 Å². The molecule has 124 valence electrons. The SMILES string of the molecule is CCNC(=NCc1ccccc1OC(F)(F)F)NC(C)(C)C. The first-order valence-corrected chi connectivity index (χ1v) is 7.01. The van der Waals surface area contributed by atoms with Crippen LogP contribution < -0.4 is 15.4 Å². The van der Waals surface area contributed by atoms with Gasteiger partial charge in [0.25, 0.3) is 0 Å². The zero-order chi connectivity index (χ0) is 16.8. The lowest BCUT2D eigenvalue weighted by Crippen LogP contribution is -2.47. The van der Waals surface area contributed by atoms with Crippen molar-refractivity contribution < 1.29 is 17.9 Å². The summed E-state index contributed by atoms with van der Waals surface area (Å²) in [6.07, 6.45) is -4.71. The van der Waals surface area contributed by atoms with Crippen LogP contribution in [0.25, 0.3) is 0 Å². The van der Waals surface area contributed by atoms with Crippen molar-refractivity contribution in [2.75, 3.05) is 6.54 Å². The van der Waals surface area contributed by atoms with Gasteiger partial charge in [-0.1, -0.05) is 18.2 Å². The topological polar surface area (TPSA) is 45.7 Å². The summed E-state index contributed by atoms with van der Waals surface area (Å²) in [5.41, 5.74) is 0.161. The molecule has 0 aliphatic heterocycles. The molecule has 4 nitrogen and oxygen atoms in total. The summed E-state index contributed by atoms with van der Waals surface area (Å²) >= 11 is 0. The molecule has 0 aromatic heterocycles. The first kappa shape index (κ1) is 18.1. The highest BCUT2D eigenvalue weighted by Gasteiger charge is 2.31. The highest BCUT2D eigenvalue weighted by Crippen LogP contribution is 2.26. The lowest BCUT2D eigenvalue weighted by molar-refractivity contribution is -0.274. The number of hydrogen-bond donors (Lipinski definition) is 2. The van der Waals surface area contributed by atoms with E-state index in [1.165, 1.54) is 12.1 Å². The van der Waals surface area contributed by atoms with Gasteiger partial charge in [-0.2, -0.15) is 0 Å². The minimum absolute atomic E-state index is 0.0810. The molecule has 1 aromatic rings. The molecule has 0 unspecified atom stereocenters. The van der Waals surface area contributed by atoms with E-state index in [1.54, 1.807) is 12.1 Å². The molecule has 0 amide bonds. The van der Waals surface area contributed by atoms with Crippen molar-refractivity contribution in [3.63, 3.8) is 0 Å². The molecule has 0 saturated heterocycles. The van der Waals surface area contributed by atoms with Gasteiger partial charge in [-0.3, -0.25) is 0 Å². The Morgan fingerprint density at radius 2 is 1.82 bits per heavy atom. The number of aliphatic imine (C=N–C) groups is 1. The second kappa shape index (κ2) is 7.38. The molecule has 0 bridgehead atoms. The van der Waals surface area contributed by atoms with Crippen molar-refractivity contribution in [2.45, 2.75) is 46.1 Å². The summed E-state index contributed by atoms with van der Waals surface area (Å²) < 4.78 is 41.2. The van der Waals surface area contributed by atoms with Crippen molar-refractivity contribution in [1.82, 2.24) is 10.6 Å². The fourth-order valence-corrected chi connectivity index (χ4v) is 1.69. The van der Waals surface area contributed by atoms with Crippen LogP contribution in [0.15, 0.2) is 29.3 Å². The van der Waals surface area contributed by atoms with E-state index in [1.807, 2.05) is 27.7 Å². The molecule has 0 aliphatic rings. The smallest absolute Gasteiger partial charge is 0.405 e. The fourth-order valence-electron chi connectivity index (χ4n) is 1.69. The van der Waals surface area contributed by atoms with Gasteiger partial charge in [0.2, 0.25) is 0 Å². The van der Waals surface area contributed by atoms with Gasteiger partial charge in [0.1, 0.15) is 5.75 Å². The predicted molar refractivity (Wildman–Crippen MR) is 80.8 cm³/mol. The Hall–Kier alpha value is -1.92. The van der Waals surface area contributed by atoms with Crippen LogP contribution in [-0.2, 0) is 6.54 Å². The number of nitrogens with zero attached hydrogens (tertiary/aromatic N) is 1. The van der Waals surface area contributed by atoms with Crippen LogP contribution >= 0.6 is 0 Å². The Morgan fingerprint density at radius 3 is 2.36 bits per heavy atom. The number of rotatable bonds is 4. The van der Waals surface area contributed by atoms with Crippen LogP contribution in [0.3, 0.4) is 0 Å². The van der Waals surface area contributed by atoms with E-state index < -0.39 is 6.36 Å². The average molecular weight is 317 g/mol. The zero-order valence-corrected chi connectivity index (χ0v) is 13.2. The second-order valence-corrected chi connectivity index (χ2v) is 5.73. The molecular formula is C15H22F3N3O. The van der Waals surface area contributed by atoms with Gasteiger partial charge in [-0.15, -0.1) is 13.2 Å². The molecule has 0 saturated carbocycles. The number of guanidine groups is 1. The van der Waals surface area contributed by atoms with Crippen molar-refractivity contribution in [3.05, 3.63) is 29.8 Å². The highest BCUT2D eigenvalue weighted by atomic mass is 19.4. The number of nitrogens with one attached hydrogen (secondary N) is 2. The lowest BCUT2D eigenvalue weighted by atomic mass is 10.1. The van der Waals surface area contributed by atoms with Gasteiger partial charge in [-0.05, 0) is 33.8 Å². The summed E-state index contributed by atoms with van der Waals surface area (Å²) in [7, 11) is 0. The van der Waals surface area contributed by atoms with E-state index in [4.69, 9.17) is 0 Å². The average Bonchev–Trinajstić information content (AvgIpc) is 2.34. The number of halogens is 3. The van der Waals surface area contributed by atoms with Gasteiger partial charge >= 0.3 is 6.36 Å². The van der Waals surface area contributed by atoms with Crippen LogP contribution in [0, 0.1) is 0 Å². The van der Waals surface area contributed by atoms with Crippen LogP contribution in [0.5, 0.6) is 5.75 Å². The largest absolute Gasteiger partial charge is 0.573 e. The standard InChI is InChI=1S/C15H22F3N3O/c1-5-19-13(21-14(2,3)4)20-10-11-8-6-7-9-12(11)22-15(16,17)18/h6-9H,5,10H2,1-4H3,(H2,19,20,21). The van der Waals surface area contributed by atoms with Crippen molar-refractivity contribution in [3.8, 4) is 5.75 Å². The molecule has 0 spiro atoms. The zero-order valence-electron chi connectivity index (χ0n) is 13.2. The monoisotopic (exact) mass is 317 g/mol. The van der Waals surface area contributed by atoms with E-state index in [0.717, 1.165) is 0 Å². The van der Waals surface area contributed by atoms with E-state index >= 15 is 0 Å². The fraction of sp³-hybridized carbons (Fsp3) is 0.533. The third kappa shape index (κ3) is 7.19. The van der Waals surface area contributed by atoms with Crippen LogP contribution in [-0.4, -0.2) is 24.4 Å². The van der Waals surface area contributed by atoms with Crippen LogP contribution in [0.1, 0.15) is 33.3 Å². The molecular weight excluding hydrogens is 295 g/mol. The number of alkyl halides is 3.